The summed E-state index contributed by atoms with van der Waals surface area (Å²) in [6.07, 6.45) is 1.19. The molecule has 0 aliphatic carbocycles. The summed E-state index contributed by atoms with van der Waals surface area (Å²) in [7, 11) is 0. The Kier molecular flexibility index (Phi) is 4.23. The zero-order valence-corrected chi connectivity index (χ0v) is 12.2. The quantitative estimate of drug-likeness (QED) is 0.706. The van der Waals surface area contributed by atoms with Gasteiger partial charge in [0.15, 0.2) is 0 Å². The molecule has 0 unspecified atom stereocenters. The summed E-state index contributed by atoms with van der Waals surface area (Å²) < 4.78 is 5.75. The van der Waals surface area contributed by atoms with Gasteiger partial charge >= 0.3 is 0 Å². The van der Waals surface area contributed by atoms with Crippen LogP contribution in [0.25, 0.3) is 0 Å². The predicted octanol–water partition coefficient (Wildman–Crippen LogP) is 2.70. The Morgan fingerprint density at radius 1 is 1.24 bits per heavy atom. The first-order valence-corrected chi connectivity index (χ1v) is 6.50. The number of hydrogen-bond donors (Lipinski definition) is 0. The molecule has 0 saturated carbocycles. The smallest absolute Gasteiger partial charge is 0.228 e. The average molecular weight is 241 g/mol. The number of carbonyl (C=O) groups excluding carboxylic acids is 1. The fourth-order valence-corrected chi connectivity index (χ4v) is 2.18. The fraction of sp³-hybridized carbons (Fsp3) is 0.929. The second kappa shape index (κ2) is 4.97. The van der Waals surface area contributed by atoms with Gasteiger partial charge in [-0.05, 0) is 11.8 Å². The molecular formula is C14H27NO2. The molecule has 3 heteroatoms. The number of amides is 1. The molecule has 1 fully saturated rings. The molecule has 0 bridgehead atoms. The average Bonchev–Trinajstić information content (AvgIpc) is 2.12. The predicted molar refractivity (Wildman–Crippen MR) is 69.8 cm³/mol. The van der Waals surface area contributed by atoms with Crippen LogP contribution in [0, 0.1) is 10.8 Å². The van der Waals surface area contributed by atoms with E-state index in [0.717, 1.165) is 19.5 Å². The van der Waals surface area contributed by atoms with E-state index in [9.17, 15) is 4.79 Å². The first kappa shape index (κ1) is 14.5. The summed E-state index contributed by atoms with van der Waals surface area (Å²) in [5.41, 5.74) is -0.0396. The van der Waals surface area contributed by atoms with Crippen molar-refractivity contribution >= 4 is 5.91 Å². The molecular weight excluding hydrogens is 214 g/mol. The zero-order chi connectivity index (χ0) is 13.3. The lowest BCUT2D eigenvalue weighted by Crippen LogP contribution is -2.50. The van der Waals surface area contributed by atoms with Crippen LogP contribution in [0.1, 0.15) is 48.0 Å². The SMILES string of the molecule is CC(C)(C)C[C@@H]1CN(C(=O)C(C)(C)C)CCO1. The molecule has 0 spiro atoms. The van der Waals surface area contributed by atoms with Crippen LogP contribution in [0.4, 0.5) is 0 Å². The summed E-state index contributed by atoms with van der Waals surface area (Å²) in [6.45, 7) is 14.7. The van der Waals surface area contributed by atoms with Gasteiger partial charge in [0.1, 0.15) is 0 Å². The number of hydrogen-bond acceptors (Lipinski definition) is 2. The van der Waals surface area contributed by atoms with Crippen molar-refractivity contribution in [1.29, 1.82) is 0 Å². The van der Waals surface area contributed by atoms with E-state index in [2.05, 4.69) is 20.8 Å². The van der Waals surface area contributed by atoms with Crippen molar-refractivity contribution in [3.63, 3.8) is 0 Å². The van der Waals surface area contributed by atoms with Gasteiger partial charge in [-0.3, -0.25) is 4.79 Å². The van der Waals surface area contributed by atoms with Crippen molar-refractivity contribution in [2.75, 3.05) is 19.7 Å². The minimum Gasteiger partial charge on any atom is -0.375 e. The maximum Gasteiger partial charge on any atom is 0.228 e. The molecule has 0 N–H and O–H groups in total. The van der Waals surface area contributed by atoms with Gasteiger partial charge in [0, 0.05) is 18.5 Å². The van der Waals surface area contributed by atoms with Crippen molar-refractivity contribution in [1.82, 2.24) is 4.90 Å². The largest absolute Gasteiger partial charge is 0.375 e. The van der Waals surface area contributed by atoms with Crippen molar-refractivity contribution < 1.29 is 9.53 Å². The van der Waals surface area contributed by atoms with E-state index in [1.165, 1.54) is 0 Å². The van der Waals surface area contributed by atoms with Crippen LogP contribution in [0.2, 0.25) is 0 Å². The minimum absolute atomic E-state index is 0.190. The molecule has 1 rings (SSSR count). The molecule has 1 aliphatic heterocycles. The lowest BCUT2D eigenvalue weighted by Gasteiger charge is -2.38. The van der Waals surface area contributed by atoms with Crippen LogP contribution in [-0.4, -0.2) is 36.6 Å². The summed E-state index contributed by atoms with van der Waals surface area (Å²) in [5.74, 6) is 0.236. The van der Waals surface area contributed by atoms with Crippen molar-refractivity contribution in [3.8, 4) is 0 Å². The second-order valence-corrected chi connectivity index (χ2v) is 7.26. The fourth-order valence-electron chi connectivity index (χ4n) is 2.18. The van der Waals surface area contributed by atoms with Crippen LogP contribution in [0.5, 0.6) is 0 Å². The third kappa shape index (κ3) is 4.66. The van der Waals surface area contributed by atoms with E-state index in [1.54, 1.807) is 0 Å². The normalized spacial score (nSPS) is 22.7. The van der Waals surface area contributed by atoms with Crippen molar-refractivity contribution in [2.24, 2.45) is 10.8 Å². The van der Waals surface area contributed by atoms with Crippen LogP contribution >= 0.6 is 0 Å². The van der Waals surface area contributed by atoms with Gasteiger partial charge in [-0.1, -0.05) is 41.5 Å². The van der Waals surface area contributed by atoms with Crippen molar-refractivity contribution in [2.45, 2.75) is 54.1 Å². The van der Waals surface area contributed by atoms with Crippen LogP contribution in [-0.2, 0) is 9.53 Å². The summed E-state index contributed by atoms with van der Waals surface area (Å²) in [6, 6.07) is 0. The van der Waals surface area contributed by atoms with Gasteiger partial charge in [0.05, 0.1) is 12.7 Å². The zero-order valence-electron chi connectivity index (χ0n) is 12.2. The topological polar surface area (TPSA) is 29.5 Å². The molecule has 17 heavy (non-hydrogen) atoms. The Labute approximate surface area is 106 Å². The Bertz CT molecular complexity index is 273. The van der Waals surface area contributed by atoms with Gasteiger partial charge in [0.2, 0.25) is 5.91 Å². The van der Waals surface area contributed by atoms with Gasteiger partial charge in [-0.15, -0.1) is 0 Å². The van der Waals surface area contributed by atoms with E-state index in [-0.39, 0.29) is 22.8 Å². The van der Waals surface area contributed by atoms with E-state index in [4.69, 9.17) is 4.74 Å². The molecule has 1 saturated heterocycles. The Morgan fingerprint density at radius 2 is 1.82 bits per heavy atom. The minimum atomic E-state index is -0.288. The Hall–Kier alpha value is -0.570. The van der Waals surface area contributed by atoms with Gasteiger partial charge < -0.3 is 9.64 Å². The number of rotatable bonds is 1. The maximum absolute atomic E-state index is 12.2. The van der Waals surface area contributed by atoms with E-state index in [1.807, 2.05) is 25.7 Å². The van der Waals surface area contributed by atoms with Gasteiger partial charge in [-0.2, -0.15) is 0 Å². The highest BCUT2D eigenvalue weighted by molar-refractivity contribution is 5.81. The van der Waals surface area contributed by atoms with E-state index in [0.29, 0.717) is 6.61 Å². The molecule has 100 valence electrons. The second-order valence-electron chi connectivity index (χ2n) is 7.26. The highest BCUT2D eigenvalue weighted by Gasteiger charge is 2.32. The van der Waals surface area contributed by atoms with Crippen molar-refractivity contribution in [3.05, 3.63) is 0 Å². The van der Waals surface area contributed by atoms with Gasteiger partial charge in [0.25, 0.3) is 0 Å². The highest BCUT2D eigenvalue weighted by atomic mass is 16.5. The molecule has 0 aromatic carbocycles. The highest BCUT2D eigenvalue weighted by Crippen LogP contribution is 2.26. The lowest BCUT2D eigenvalue weighted by atomic mass is 9.88. The van der Waals surface area contributed by atoms with Crippen LogP contribution < -0.4 is 0 Å². The number of ether oxygens (including phenoxy) is 1. The van der Waals surface area contributed by atoms with Crippen LogP contribution in [0.3, 0.4) is 0 Å². The molecule has 0 aromatic heterocycles. The first-order chi connectivity index (χ1) is 7.59. The maximum atomic E-state index is 12.2. The molecule has 1 heterocycles. The molecule has 3 nitrogen and oxygen atoms in total. The third-order valence-corrected chi connectivity index (χ3v) is 2.91. The van der Waals surface area contributed by atoms with Crippen LogP contribution in [0.15, 0.2) is 0 Å². The Morgan fingerprint density at radius 3 is 2.29 bits per heavy atom. The number of nitrogens with zero attached hydrogens (tertiary/aromatic N) is 1. The standard InChI is InChI=1S/C14H27NO2/c1-13(2,3)9-11-10-15(7-8-17-11)12(16)14(4,5)6/h11H,7-10H2,1-6H3/t11-/m1/s1. The Balaban J connectivity index is 2.58. The monoisotopic (exact) mass is 241 g/mol. The van der Waals surface area contributed by atoms with Gasteiger partial charge in [-0.25, -0.2) is 0 Å². The number of carbonyl (C=O) groups is 1. The first-order valence-electron chi connectivity index (χ1n) is 6.50. The number of morpholine rings is 1. The van der Waals surface area contributed by atoms with E-state index >= 15 is 0 Å². The molecule has 1 amide bonds. The summed E-state index contributed by atoms with van der Waals surface area (Å²) >= 11 is 0. The molecule has 1 atom stereocenters. The molecule has 1 aliphatic rings. The summed E-state index contributed by atoms with van der Waals surface area (Å²) in [5, 5.41) is 0. The summed E-state index contributed by atoms with van der Waals surface area (Å²) in [4.78, 5) is 14.2. The third-order valence-electron chi connectivity index (χ3n) is 2.91. The van der Waals surface area contributed by atoms with E-state index < -0.39 is 0 Å². The lowest BCUT2D eigenvalue weighted by molar-refractivity contribution is -0.148. The molecule has 0 radical (unpaired) electrons. The molecule has 0 aromatic rings.